The van der Waals surface area contributed by atoms with Crippen LogP contribution < -0.4 is 4.74 Å². The second-order valence-electron chi connectivity index (χ2n) is 3.54. The summed E-state index contributed by atoms with van der Waals surface area (Å²) in [6.07, 6.45) is 0.817. The Labute approximate surface area is 98.5 Å². The normalized spacial score (nSPS) is 12.1. The Balaban J connectivity index is 1.92. The van der Waals surface area contributed by atoms with E-state index in [2.05, 4.69) is 4.98 Å². The molecular weight excluding hydrogens is 221 g/mol. The van der Waals surface area contributed by atoms with E-state index in [1.807, 2.05) is 0 Å². The molecule has 1 aromatic carbocycles. The molecule has 2 aromatic rings. The zero-order valence-electron chi connectivity index (χ0n) is 9.08. The molecule has 4 heteroatoms. The van der Waals surface area contributed by atoms with Gasteiger partial charge >= 0.3 is 0 Å². The molecule has 0 aliphatic carbocycles. The number of nitrogens with zero attached hydrogens (tertiary/aromatic N) is 1. The number of hydrogen-bond acceptors (Lipinski definition) is 3. The highest BCUT2D eigenvalue weighted by Gasteiger charge is 2.08. The quantitative estimate of drug-likeness (QED) is 0.881. The summed E-state index contributed by atoms with van der Waals surface area (Å²) in [5.41, 5.74) is 0.551. The van der Waals surface area contributed by atoms with Crippen LogP contribution in [0.5, 0.6) is 5.75 Å². The first-order valence-corrected chi connectivity index (χ1v) is 5.23. The molecule has 0 bridgehead atoms. The number of aliphatic hydroxyl groups is 1. The van der Waals surface area contributed by atoms with Crippen LogP contribution in [0.25, 0.3) is 0 Å². The van der Waals surface area contributed by atoms with Crippen LogP contribution in [-0.2, 0) is 0 Å². The molecule has 1 atom stereocenters. The minimum Gasteiger partial charge on any atom is -0.490 e. The predicted octanol–water partition coefficient (Wildman–Crippen LogP) is 2.33. The van der Waals surface area contributed by atoms with Gasteiger partial charge in [0.1, 0.15) is 24.3 Å². The molecule has 0 fully saturated rings. The van der Waals surface area contributed by atoms with Gasteiger partial charge in [-0.15, -0.1) is 0 Å². The Hall–Kier alpha value is -1.94. The molecule has 0 saturated carbocycles. The minimum absolute atomic E-state index is 0.0860. The molecule has 17 heavy (non-hydrogen) atoms. The van der Waals surface area contributed by atoms with Crippen LogP contribution >= 0.6 is 0 Å². The van der Waals surface area contributed by atoms with Gasteiger partial charge in [0.15, 0.2) is 0 Å². The third-order valence-electron chi connectivity index (χ3n) is 2.25. The molecule has 3 nitrogen and oxygen atoms in total. The van der Waals surface area contributed by atoms with Gasteiger partial charge in [-0.1, -0.05) is 6.07 Å². The first-order chi connectivity index (χ1) is 8.25. The Morgan fingerprint density at radius 1 is 1.18 bits per heavy atom. The summed E-state index contributed by atoms with van der Waals surface area (Å²) in [5, 5.41) is 9.77. The van der Waals surface area contributed by atoms with E-state index in [1.165, 1.54) is 24.3 Å². The summed E-state index contributed by atoms with van der Waals surface area (Å²) < 4.78 is 18.0. The maximum Gasteiger partial charge on any atom is 0.130 e. The van der Waals surface area contributed by atoms with Crippen molar-refractivity contribution in [3.63, 3.8) is 0 Å². The molecule has 0 saturated heterocycles. The Bertz CT molecular complexity index is 459. The first kappa shape index (κ1) is 11.5. The van der Waals surface area contributed by atoms with Crippen LogP contribution in [0.15, 0.2) is 48.7 Å². The lowest BCUT2D eigenvalue weighted by molar-refractivity contribution is 0.104. The molecule has 1 aromatic heterocycles. The van der Waals surface area contributed by atoms with Crippen molar-refractivity contribution in [3.05, 3.63) is 60.2 Å². The lowest BCUT2D eigenvalue weighted by Crippen LogP contribution is -2.10. The minimum atomic E-state index is -0.791. The van der Waals surface area contributed by atoms with E-state index in [0.717, 1.165) is 0 Å². The van der Waals surface area contributed by atoms with Gasteiger partial charge in [-0.3, -0.25) is 4.98 Å². The fourth-order valence-corrected chi connectivity index (χ4v) is 1.36. The Morgan fingerprint density at radius 2 is 1.94 bits per heavy atom. The summed E-state index contributed by atoms with van der Waals surface area (Å²) >= 11 is 0. The lowest BCUT2D eigenvalue weighted by atomic mass is 10.2. The van der Waals surface area contributed by atoms with Crippen LogP contribution in [-0.4, -0.2) is 16.7 Å². The van der Waals surface area contributed by atoms with Crippen molar-refractivity contribution in [2.75, 3.05) is 6.61 Å². The molecule has 1 N–H and O–H groups in total. The molecule has 0 amide bonds. The van der Waals surface area contributed by atoms with E-state index in [0.29, 0.717) is 11.4 Å². The van der Waals surface area contributed by atoms with E-state index in [-0.39, 0.29) is 12.4 Å². The molecule has 0 aliphatic heterocycles. The summed E-state index contributed by atoms with van der Waals surface area (Å²) in [5.74, 6) is 0.198. The third-order valence-corrected chi connectivity index (χ3v) is 2.25. The number of aromatic nitrogens is 1. The number of hydrogen-bond donors (Lipinski definition) is 1. The van der Waals surface area contributed by atoms with Crippen LogP contribution in [0.4, 0.5) is 4.39 Å². The van der Waals surface area contributed by atoms with Gasteiger partial charge in [-0.25, -0.2) is 4.39 Å². The first-order valence-electron chi connectivity index (χ1n) is 5.23. The second-order valence-corrected chi connectivity index (χ2v) is 3.54. The van der Waals surface area contributed by atoms with Crippen molar-refractivity contribution >= 4 is 0 Å². The molecule has 2 rings (SSSR count). The smallest absolute Gasteiger partial charge is 0.130 e. The summed E-state index contributed by atoms with van der Waals surface area (Å²) in [7, 11) is 0. The standard InChI is InChI=1S/C13H12FNO2/c14-10-4-6-11(7-5-10)17-9-13(16)12-3-1-2-8-15-12/h1-8,13,16H,9H2. The lowest BCUT2D eigenvalue weighted by Gasteiger charge is -2.11. The monoisotopic (exact) mass is 233 g/mol. The number of pyridine rings is 1. The number of benzene rings is 1. The van der Waals surface area contributed by atoms with Gasteiger partial charge in [0.05, 0.1) is 5.69 Å². The van der Waals surface area contributed by atoms with E-state index >= 15 is 0 Å². The van der Waals surface area contributed by atoms with Gasteiger partial charge in [-0.05, 0) is 36.4 Å². The molecule has 0 radical (unpaired) electrons. The Kier molecular flexibility index (Phi) is 3.67. The van der Waals surface area contributed by atoms with Crippen molar-refractivity contribution in [1.82, 2.24) is 4.98 Å². The molecule has 88 valence electrons. The van der Waals surface area contributed by atoms with Gasteiger partial charge < -0.3 is 9.84 Å². The number of aliphatic hydroxyl groups excluding tert-OH is 1. The third kappa shape index (κ3) is 3.26. The van der Waals surface area contributed by atoms with Gasteiger partial charge in [0, 0.05) is 6.20 Å². The Morgan fingerprint density at radius 3 is 2.59 bits per heavy atom. The summed E-state index contributed by atoms with van der Waals surface area (Å²) in [4.78, 5) is 4.02. The molecule has 0 spiro atoms. The van der Waals surface area contributed by atoms with E-state index in [1.54, 1.807) is 24.4 Å². The summed E-state index contributed by atoms with van der Waals surface area (Å²) in [6, 6.07) is 10.9. The van der Waals surface area contributed by atoms with Gasteiger partial charge in [-0.2, -0.15) is 0 Å². The number of ether oxygens (including phenoxy) is 1. The maximum atomic E-state index is 12.6. The van der Waals surface area contributed by atoms with E-state index in [4.69, 9.17) is 4.74 Å². The van der Waals surface area contributed by atoms with Crippen LogP contribution in [0.2, 0.25) is 0 Å². The van der Waals surface area contributed by atoms with Crippen LogP contribution in [0.3, 0.4) is 0 Å². The highest BCUT2D eigenvalue weighted by Crippen LogP contribution is 2.15. The second kappa shape index (κ2) is 5.41. The van der Waals surface area contributed by atoms with Crippen molar-refractivity contribution in [2.24, 2.45) is 0 Å². The zero-order valence-corrected chi connectivity index (χ0v) is 9.08. The van der Waals surface area contributed by atoms with Crippen molar-refractivity contribution < 1.29 is 14.2 Å². The fourth-order valence-electron chi connectivity index (χ4n) is 1.36. The number of halogens is 1. The summed E-state index contributed by atoms with van der Waals surface area (Å²) in [6.45, 7) is 0.0860. The largest absolute Gasteiger partial charge is 0.490 e. The topological polar surface area (TPSA) is 42.4 Å². The maximum absolute atomic E-state index is 12.6. The average molecular weight is 233 g/mol. The van der Waals surface area contributed by atoms with Crippen LogP contribution in [0, 0.1) is 5.82 Å². The van der Waals surface area contributed by atoms with Crippen molar-refractivity contribution in [3.8, 4) is 5.75 Å². The number of rotatable bonds is 4. The highest BCUT2D eigenvalue weighted by atomic mass is 19.1. The molecular formula is C13H12FNO2. The van der Waals surface area contributed by atoms with Crippen LogP contribution in [0.1, 0.15) is 11.8 Å². The van der Waals surface area contributed by atoms with Crippen molar-refractivity contribution in [2.45, 2.75) is 6.10 Å². The zero-order chi connectivity index (χ0) is 12.1. The molecule has 1 unspecified atom stereocenters. The highest BCUT2D eigenvalue weighted by molar-refractivity contribution is 5.22. The fraction of sp³-hybridized carbons (Fsp3) is 0.154. The van der Waals surface area contributed by atoms with E-state index in [9.17, 15) is 9.50 Å². The SMILES string of the molecule is OC(COc1ccc(F)cc1)c1ccccn1. The average Bonchev–Trinajstić information content (AvgIpc) is 2.39. The predicted molar refractivity (Wildman–Crippen MR) is 61.1 cm³/mol. The van der Waals surface area contributed by atoms with Gasteiger partial charge in [0.2, 0.25) is 0 Å². The van der Waals surface area contributed by atoms with Crippen molar-refractivity contribution in [1.29, 1.82) is 0 Å². The molecule has 1 heterocycles. The van der Waals surface area contributed by atoms with E-state index < -0.39 is 6.10 Å². The van der Waals surface area contributed by atoms with Gasteiger partial charge in [0.25, 0.3) is 0 Å². The molecule has 0 aliphatic rings.